The zero-order chi connectivity index (χ0) is 12.8. The number of hydrogen-bond acceptors (Lipinski definition) is 3. The molecule has 98 valence electrons. The molecule has 0 bridgehead atoms. The summed E-state index contributed by atoms with van der Waals surface area (Å²) in [4.78, 5) is 0. The van der Waals surface area contributed by atoms with Crippen LogP contribution in [0.25, 0.3) is 0 Å². The molecule has 1 N–H and O–H groups in total. The molecule has 1 aromatic carbocycles. The molecular formula is C14H17FO2S. The first-order valence-electron chi connectivity index (χ1n) is 6.39. The number of aliphatic hydroxyl groups excluding tert-OH is 1. The van der Waals surface area contributed by atoms with Crippen molar-refractivity contribution in [3.05, 3.63) is 29.6 Å². The highest BCUT2D eigenvalue weighted by atomic mass is 32.2. The normalized spacial score (nSPS) is 35.1. The van der Waals surface area contributed by atoms with Gasteiger partial charge in [-0.15, -0.1) is 0 Å². The van der Waals surface area contributed by atoms with E-state index in [0.29, 0.717) is 23.0 Å². The average Bonchev–Trinajstić information content (AvgIpc) is 2.32. The highest BCUT2D eigenvalue weighted by Crippen LogP contribution is 2.48. The molecule has 0 aromatic heterocycles. The van der Waals surface area contributed by atoms with Gasteiger partial charge in [0.05, 0.1) is 6.10 Å². The van der Waals surface area contributed by atoms with E-state index in [1.54, 1.807) is 6.07 Å². The number of hydrogen-bond donors (Lipinski definition) is 1. The third kappa shape index (κ3) is 1.91. The summed E-state index contributed by atoms with van der Waals surface area (Å²) in [6.45, 7) is 2.14. The highest BCUT2D eigenvalue weighted by molar-refractivity contribution is 8.00. The summed E-state index contributed by atoms with van der Waals surface area (Å²) in [6, 6.07) is 4.40. The predicted octanol–water partition coefficient (Wildman–Crippen LogP) is 3.30. The van der Waals surface area contributed by atoms with Gasteiger partial charge in [0.15, 0.2) is 0 Å². The summed E-state index contributed by atoms with van der Waals surface area (Å²) in [5, 5.41) is 10.6. The summed E-state index contributed by atoms with van der Waals surface area (Å²) in [7, 11) is 0. The van der Waals surface area contributed by atoms with Gasteiger partial charge in [-0.1, -0.05) is 0 Å². The second-order valence-corrected chi connectivity index (χ2v) is 6.63. The van der Waals surface area contributed by atoms with Crippen LogP contribution in [0.15, 0.2) is 18.2 Å². The number of ether oxygens (including phenoxy) is 1. The van der Waals surface area contributed by atoms with Crippen molar-refractivity contribution in [1.82, 2.24) is 0 Å². The van der Waals surface area contributed by atoms with Crippen molar-refractivity contribution in [2.45, 2.75) is 43.1 Å². The van der Waals surface area contributed by atoms with Crippen LogP contribution in [0.2, 0.25) is 0 Å². The smallest absolute Gasteiger partial charge is 0.128 e. The van der Waals surface area contributed by atoms with E-state index in [4.69, 9.17) is 4.74 Å². The molecular weight excluding hydrogens is 251 g/mol. The fourth-order valence-electron chi connectivity index (χ4n) is 2.96. The number of aliphatic hydroxyl groups is 1. The van der Waals surface area contributed by atoms with Gasteiger partial charge in [-0.05, 0) is 37.7 Å². The van der Waals surface area contributed by atoms with Crippen LogP contribution in [0.1, 0.15) is 37.9 Å². The van der Waals surface area contributed by atoms with E-state index in [1.165, 1.54) is 12.1 Å². The fraction of sp³-hybridized carbons (Fsp3) is 0.571. The molecule has 0 saturated carbocycles. The van der Waals surface area contributed by atoms with Crippen LogP contribution < -0.4 is 4.74 Å². The maximum Gasteiger partial charge on any atom is 0.128 e. The standard InChI is InChI=1S/C14H17FO2S/c1-9-14(5-2-6-18-9)8-12(16)11-4-3-10(15)7-13(11)17-14/h3-4,7,9,12,16H,2,5-6,8H2,1H3/t9?,12-,14?/m1/s1. The van der Waals surface area contributed by atoms with Crippen LogP contribution >= 0.6 is 11.8 Å². The van der Waals surface area contributed by atoms with Gasteiger partial charge >= 0.3 is 0 Å². The molecule has 2 heterocycles. The first-order chi connectivity index (χ1) is 8.61. The summed E-state index contributed by atoms with van der Waals surface area (Å²) in [5.74, 6) is 1.34. The van der Waals surface area contributed by atoms with Gasteiger partial charge in [0.1, 0.15) is 17.2 Å². The largest absolute Gasteiger partial charge is 0.486 e. The molecule has 3 rings (SSSR count). The average molecular weight is 268 g/mol. The summed E-state index contributed by atoms with van der Waals surface area (Å²) < 4.78 is 19.4. The second kappa shape index (κ2) is 4.42. The van der Waals surface area contributed by atoms with Crippen molar-refractivity contribution in [3.8, 4) is 5.75 Å². The Balaban J connectivity index is 1.99. The minimum absolute atomic E-state index is 0.311. The lowest BCUT2D eigenvalue weighted by atomic mass is 9.83. The second-order valence-electron chi connectivity index (χ2n) is 5.19. The third-order valence-corrected chi connectivity index (χ3v) is 5.49. The van der Waals surface area contributed by atoms with Crippen molar-refractivity contribution in [1.29, 1.82) is 0 Å². The van der Waals surface area contributed by atoms with Crippen molar-refractivity contribution >= 4 is 11.8 Å². The van der Waals surface area contributed by atoms with Gasteiger partial charge in [0, 0.05) is 23.3 Å². The maximum absolute atomic E-state index is 13.3. The number of fused-ring (bicyclic) bond motifs is 1. The summed E-state index contributed by atoms with van der Waals surface area (Å²) in [5.41, 5.74) is 0.383. The molecule has 2 unspecified atom stereocenters. The molecule has 2 aliphatic heterocycles. The molecule has 1 fully saturated rings. The van der Waals surface area contributed by atoms with E-state index in [9.17, 15) is 9.50 Å². The van der Waals surface area contributed by atoms with Crippen LogP contribution in [-0.2, 0) is 0 Å². The van der Waals surface area contributed by atoms with Gasteiger partial charge in [-0.25, -0.2) is 4.39 Å². The van der Waals surface area contributed by atoms with E-state index in [-0.39, 0.29) is 11.4 Å². The van der Waals surface area contributed by atoms with Crippen LogP contribution in [0.3, 0.4) is 0 Å². The van der Waals surface area contributed by atoms with Crippen LogP contribution in [0.5, 0.6) is 5.75 Å². The molecule has 0 aliphatic carbocycles. The van der Waals surface area contributed by atoms with Crippen LogP contribution in [0, 0.1) is 5.82 Å². The van der Waals surface area contributed by atoms with Crippen LogP contribution in [-0.4, -0.2) is 21.7 Å². The Morgan fingerprint density at radius 2 is 2.33 bits per heavy atom. The zero-order valence-electron chi connectivity index (χ0n) is 10.4. The molecule has 2 aliphatic rings. The first-order valence-corrected chi connectivity index (χ1v) is 7.44. The maximum atomic E-state index is 13.3. The van der Waals surface area contributed by atoms with E-state index in [1.807, 2.05) is 11.8 Å². The van der Waals surface area contributed by atoms with Crippen molar-refractivity contribution in [3.63, 3.8) is 0 Å². The minimum Gasteiger partial charge on any atom is -0.486 e. The van der Waals surface area contributed by atoms with Gasteiger partial charge in [-0.2, -0.15) is 11.8 Å². The van der Waals surface area contributed by atoms with E-state index in [0.717, 1.165) is 18.6 Å². The molecule has 0 amide bonds. The zero-order valence-corrected chi connectivity index (χ0v) is 11.2. The molecule has 4 heteroatoms. The Hall–Kier alpha value is -0.740. The Kier molecular flexibility index (Phi) is 3.02. The Labute approximate surface area is 111 Å². The fourth-order valence-corrected chi connectivity index (χ4v) is 4.19. The monoisotopic (exact) mass is 268 g/mol. The molecule has 18 heavy (non-hydrogen) atoms. The number of halogens is 1. The molecule has 1 aromatic rings. The molecule has 1 spiro atoms. The molecule has 3 atom stereocenters. The van der Waals surface area contributed by atoms with Gasteiger partial charge < -0.3 is 9.84 Å². The third-order valence-electron chi connectivity index (χ3n) is 4.04. The highest BCUT2D eigenvalue weighted by Gasteiger charge is 2.46. The minimum atomic E-state index is -0.546. The lowest BCUT2D eigenvalue weighted by molar-refractivity contribution is -0.0214. The molecule has 0 radical (unpaired) electrons. The van der Waals surface area contributed by atoms with Gasteiger partial charge in [-0.3, -0.25) is 0 Å². The quantitative estimate of drug-likeness (QED) is 0.783. The lowest BCUT2D eigenvalue weighted by Gasteiger charge is -2.46. The van der Waals surface area contributed by atoms with Crippen LogP contribution in [0.4, 0.5) is 4.39 Å². The molecule has 2 nitrogen and oxygen atoms in total. The van der Waals surface area contributed by atoms with Crippen molar-refractivity contribution in [2.75, 3.05) is 5.75 Å². The van der Waals surface area contributed by atoms with E-state index in [2.05, 4.69) is 6.92 Å². The van der Waals surface area contributed by atoms with Crippen molar-refractivity contribution < 1.29 is 14.2 Å². The van der Waals surface area contributed by atoms with Gasteiger partial charge in [0.25, 0.3) is 0 Å². The van der Waals surface area contributed by atoms with Crippen molar-refractivity contribution in [2.24, 2.45) is 0 Å². The first kappa shape index (κ1) is 12.3. The van der Waals surface area contributed by atoms with E-state index >= 15 is 0 Å². The SMILES string of the molecule is CC1SCCCC12C[C@@H](O)c1ccc(F)cc1O2. The van der Waals surface area contributed by atoms with Gasteiger partial charge in [0.2, 0.25) is 0 Å². The predicted molar refractivity (Wildman–Crippen MR) is 70.5 cm³/mol. The Morgan fingerprint density at radius 3 is 3.11 bits per heavy atom. The topological polar surface area (TPSA) is 29.5 Å². The summed E-state index contributed by atoms with van der Waals surface area (Å²) in [6.07, 6.45) is 2.09. The Bertz CT molecular complexity index is 465. The number of rotatable bonds is 0. The summed E-state index contributed by atoms with van der Waals surface area (Å²) >= 11 is 1.87. The number of benzene rings is 1. The van der Waals surface area contributed by atoms with E-state index < -0.39 is 6.10 Å². The Morgan fingerprint density at radius 1 is 1.50 bits per heavy atom. The number of thioether (sulfide) groups is 1. The molecule has 1 saturated heterocycles. The lowest BCUT2D eigenvalue weighted by Crippen LogP contribution is -2.50.